The van der Waals surface area contributed by atoms with Crippen LogP contribution in [0.5, 0.6) is 5.75 Å². The zero-order valence-corrected chi connectivity index (χ0v) is 14.1. The molecule has 0 bridgehead atoms. The third-order valence-corrected chi connectivity index (χ3v) is 3.66. The minimum absolute atomic E-state index is 0.00380. The van der Waals surface area contributed by atoms with Crippen molar-refractivity contribution in [2.24, 2.45) is 0 Å². The molecule has 2 N–H and O–H groups in total. The Kier molecular flexibility index (Phi) is 6.63. The van der Waals surface area contributed by atoms with Crippen molar-refractivity contribution in [3.8, 4) is 5.75 Å². The van der Waals surface area contributed by atoms with E-state index in [-0.39, 0.29) is 18.4 Å². The minimum Gasteiger partial charge on any atom is -0.482 e. The van der Waals surface area contributed by atoms with Gasteiger partial charge >= 0.3 is 0 Å². The first-order valence-electron chi connectivity index (χ1n) is 7.55. The molecule has 0 heterocycles. The topological polar surface area (TPSA) is 67.4 Å². The van der Waals surface area contributed by atoms with Crippen LogP contribution < -0.4 is 15.4 Å². The van der Waals surface area contributed by atoms with E-state index < -0.39 is 0 Å². The van der Waals surface area contributed by atoms with E-state index in [0.717, 1.165) is 5.56 Å². The summed E-state index contributed by atoms with van der Waals surface area (Å²) >= 11 is 5.96. The number of halogens is 1. The van der Waals surface area contributed by atoms with E-state index >= 15 is 0 Å². The van der Waals surface area contributed by atoms with Crippen molar-refractivity contribution in [3.05, 3.63) is 59.1 Å². The second-order valence-corrected chi connectivity index (χ2v) is 5.54. The standard InChI is InChI=1S/C18H19ClN2O3/c1-20-17(22)11-8-13-6-9-14(10-7-13)21-18(23)12-24-16-5-3-2-4-15(16)19/h2-7,9-10H,8,11-12H2,1H3,(H,20,22)(H,21,23). The number of hydrogen-bond donors (Lipinski definition) is 2. The summed E-state index contributed by atoms with van der Waals surface area (Å²) in [6, 6.07) is 14.3. The van der Waals surface area contributed by atoms with Crippen molar-refractivity contribution in [1.82, 2.24) is 5.32 Å². The summed E-state index contributed by atoms with van der Waals surface area (Å²) in [5.74, 6) is 0.205. The Hall–Kier alpha value is -2.53. The molecule has 0 radical (unpaired) electrons. The van der Waals surface area contributed by atoms with Crippen LogP contribution in [-0.4, -0.2) is 25.5 Å². The highest BCUT2D eigenvalue weighted by Gasteiger charge is 2.06. The molecule has 5 nitrogen and oxygen atoms in total. The van der Waals surface area contributed by atoms with E-state index in [2.05, 4.69) is 10.6 Å². The number of rotatable bonds is 7. The first-order chi connectivity index (χ1) is 11.6. The fourth-order valence-electron chi connectivity index (χ4n) is 2.04. The lowest BCUT2D eigenvalue weighted by molar-refractivity contribution is -0.120. The largest absolute Gasteiger partial charge is 0.482 e. The van der Waals surface area contributed by atoms with Crippen LogP contribution in [-0.2, 0) is 16.0 Å². The quantitative estimate of drug-likeness (QED) is 0.809. The highest BCUT2D eigenvalue weighted by Crippen LogP contribution is 2.23. The van der Waals surface area contributed by atoms with Gasteiger partial charge in [-0.25, -0.2) is 0 Å². The summed E-state index contributed by atoms with van der Waals surface area (Å²) in [5.41, 5.74) is 1.70. The van der Waals surface area contributed by atoms with Gasteiger partial charge in [-0.05, 0) is 36.2 Å². The Morgan fingerprint density at radius 2 is 1.75 bits per heavy atom. The monoisotopic (exact) mass is 346 g/mol. The second kappa shape index (κ2) is 8.93. The Bertz CT molecular complexity index is 702. The van der Waals surface area contributed by atoms with Crippen molar-refractivity contribution >= 4 is 29.1 Å². The number of carbonyl (C=O) groups excluding carboxylic acids is 2. The Morgan fingerprint density at radius 1 is 1.04 bits per heavy atom. The average molecular weight is 347 g/mol. The van der Waals surface area contributed by atoms with Gasteiger partial charge in [-0.15, -0.1) is 0 Å². The van der Waals surface area contributed by atoms with Gasteiger partial charge in [0.25, 0.3) is 5.91 Å². The number of ether oxygens (including phenoxy) is 1. The molecule has 2 rings (SSSR count). The van der Waals surface area contributed by atoms with E-state index in [1.165, 1.54) is 0 Å². The van der Waals surface area contributed by atoms with Gasteiger partial charge in [-0.2, -0.15) is 0 Å². The van der Waals surface area contributed by atoms with Crippen molar-refractivity contribution in [2.75, 3.05) is 19.0 Å². The number of nitrogens with one attached hydrogen (secondary N) is 2. The molecule has 0 fully saturated rings. The maximum absolute atomic E-state index is 11.9. The lowest BCUT2D eigenvalue weighted by Gasteiger charge is -2.09. The number of anilines is 1. The lowest BCUT2D eigenvalue weighted by atomic mass is 10.1. The summed E-state index contributed by atoms with van der Waals surface area (Å²) in [6.07, 6.45) is 1.09. The van der Waals surface area contributed by atoms with E-state index in [0.29, 0.717) is 29.3 Å². The van der Waals surface area contributed by atoms with Crippen molar-refractivity contribution in [1.29, 1.82) is 0 Å². The van der Waals surface area contributed by atoms with Crippen LogP contribution in [0.15, 0.2) is 48.5 Å². The maximum atomic E-state index is 11.9. The molecule has 126 valence electrons. The predicted molar refractivity (Wildman–Crippen MR) is 94.4 cm³/mol. The van der Waals surface area contributed by atoms with Gasteiger partial charge in [0.05, 0.1) is 5.02 Å². The van der Waals surface area contributed by atoms with Crippen molar-refractivity contribution < 1.29 is 14.3 Å². The van der Waals surface area contributed by atoms with Gasteiger partial charge in [0.15, 0.2) is 6.61 Å². The molecular weight excluding hydrogens is 328 g/mol. The van der Waals surface area contributed by atoms with E-state index in [1.807, 2.05) is 12.1 Å². The number of hydrogen-bond acceptors (Lipinski definition) is 3. The third kappa shape index (κ3) is 5.59. The second-order valence-electron chi connectivity index (χ2n) is 5.14. The van der Waals surface area contributed by atoms with Crippen LogP contribution in [0.3, 0.4) is 0 Å². The number of para-hydroxylation sites is 1. The highest BCUT2D eigenvalue weighted by molar-refractivity contribution is 6.32. The third-order valence-electron chi connectivity index (χ3n) is 3.35. The van der Waals surface area contributed by atoms with Crippen LogP contribution >= 0.6 is 11.6 Å². The molecule has 0 unspecified atom stereocenters. The molecule has 0 aromatic heterocycles. The molecule has 2 aromatic rings. The molecule has 6 heteroatoms. The normalized spacial score (nSPS) is 10.1. The van der Waals surface area contributed by atoms with Crippen LogP contribution in [0.2, 0.25) is 5.02 Å². The molecule has 0 aliphatic carbocycles. The molecule has 24 heavy (non-hydrogen) atoms. The summed E-state index contributed by atoms with van der Waals surface area (Å²) in [6.45, 7) is -0.123. The van der Waals surface area contributed by atoms with Gasteiger partial charge in [0.1, 0.15) is 5.75 Å². The number of benzene rings is 2. The zero-order valence-electron chi connectivity index (χ0n) is 13.3. The van der Waals surface area contributed by atoms with Gasteiger partial charge < -0.3 is 15.4 Å². The Morgan fingerprint density at radius 3 is 2.42 bits per heavy atom. The summed E-state index contributed by atoms with van der Waals surface area (Å²) in [4.78, 5) is 23.1. The van der Waals surface area contributed by atoms with Crippen LogP contribution in [0.4, 0.5) is 5.69 Å². The van der Waals surface area contributed by atoms with Crippen LogP contribution in [0.1, 0.15) is 12.0 Å². The Balaban J connectivity index is 1.81. The zero-order chi connectivity index (χ0) is 17.4. The fraction of sp³-hybridized carbons (Fsp3) is 0.222. The molecule has 0 saturated carbocycles. The fourth-order valence-corrected chi connectivity index (χ4v) is 2.23. The maximum Gasteiger partial charge on any atom is 0.262 e. The molecular formula is C18H19ClN2O3. The van der Waals surface area contributed by atoms with Crippen molar-refractivity contribution in [2.45, 2.75) is 12.8 Å². The van der Waals surface area contributed by atoms with Gasteiger partial charge in [-0.1, -0.05) is 35.9 Å². The lowest BCUT2D eigenvalue weighted by Crippen LogP contribution is -2.20. The summed E-state index contributed by atoms with van der Waals surface area (Å²) in [7, 11) is 1.62. The van der Waals surface area contributed by atoms with Gasteiger partial charge in [0, 0.05) is 19.2 Å². The van der Waals surface area contributed by atoms with Crippen LogP contribution in [0, 0.1) is 0 Å². The molecule has 2 amide bonds. The molecule has 0 aliphatic heterocycles. The molecule has 0 saturated heterocycles. The number of carbonyl (C=O) groups is 2. The molecule has 0 aliphatic rings. The van der Waals surface area contributed by atoms with Crippen molar-refractivity contribution in [3.63, 3.8) is 0 Å². The Labute approximate surface area is 146 Å². The number of aryl methyl sites for hydroxylation is 1. The first kappa shape index (κ1) is 17.8. The van der Waals surface area contributed by atoms with Gasteiger partial charge in [0.2, 0.25) is 5.91 Å². The highest BCUT2D eigenvalue weighted by atomic mass is 35.5. The predicted octanol–water partition coefficient (Wildman–Crippen LogP) is 3.04. The molecule has 0 spiro atoms. The van der Waals surface area contributed by atoms with E-state index in [1.54, 1.807) is 43.4 Å². The molecule has 0 atom stereocenters. The van der Waals surface area contributed by atoms with Gasteiger partial charge in [-0.3, -0.25) is 9.59 Å². The van der Waals surface area contributed by atoms with E-state index in [9.17, 15) is 9.59 Å². The minimum atomic E-state index is -0.270. The van der Waals surface area contributed by atoms with E-state index in [4.69, 9.17) is 16.3 Å². The molecule has 2 aromatic carbocycles. The summed E-state index contributed by atoms with van der Waals surface area (Å²) in [5, 5.41) is 5.80. The first-order valence-corrected chi connectivity index (χ1v) is 7.93. The van der Waals surface area contributed by atoms with Crippen LogP contribution in [0.25, 0.3) is 0 Å². The summed E-state index contributed by atoms with van der Waals surface area (Å²) < 4.78 is 5.38. The average Bonchev–Trinajstić information content (AvgIpc) is 2.60. The SMILES string of the molecule is CNC(=O)CCc1ccc(NC(=O)COc2ccccc2Cl)cc1. The smallest absolute Gasteiger partial charge is 0.262 e. The number of amides is 2.